The van der Waals surface area contributed by atoms with Gasteiger partial charge in [0.15, 0.2) is 0 Å². The molecule has 0 amide bonds. The standard InChI is InChI=1S/C20H39NO4/c1-3-5-7-8-9-10-12-15-21(18-19(22)23)16-13-11-14-20(24)25-17-6-4-2/h3-18H2,1-2H3,(H,22,23). The molecule has 1 N–H and O–H groups in total. The average molecular weight is 358 g/mol. The van der Waals surface area contributed by atoms with E-state index in [4.69, 9.17) is 9.84 Å². The van der Waals surface area contributed by atoms with Gasteiger partial charge in [-0.3, -0.25) is 14.5 Å². The Balaban J connectivity index is 3.77. The van der Waals surface area contributed by atoms with Crippen molar-refractivity contribution < 1.29 is 19.4 Å². The highest BCUT2D eigenvalue weighted by Gasteiger charge is 2.10. The third-order valence-corrected chi connectivity index (χ3v) is 4.30. The molecule has 0 rings (SSSR count). The van der Waals surface area contributed by atoms with E-state index in [1.165, 1.54) is 38.5 Å². The van der Waals surface area contributed by atoms with Crippen molar-refractivity contribution in [3.05, 3.63) is 0 Å². The van der Waals surface area contributed by atoms with Crippen LogP contribution in [0.2, 0.25) is 0 Å². The zero-order valence-electron chi connectivity index (χ0n) is 16.4. The van der Waals surface area contributed by atoms with Gasteiger partial charge in [-0.05, 0) is 38.8 Å². The number of nitrogens with zero attached hydrogens (tertiary/aromatic N) is 1. The first-order valence-electron chi connectivity index (χ1n) is 10.2. The fourth-order valence-electron chi connectivity index (χ4n) is 2.76. The summed E-state index contributed by atoms with van der Waals surface area (Å²) in [4.78, 5) is 24.5. The van der Waals surface area contributed by atoms with Gasteiger partial charge < -0.3 is 9.84 Å². The van der Waals surface area contributed by atoms with Gasteiger partial charge in [-0.1, -0.05) is 58.8 Å². The second-order valence-corrected chi connectivity index (χ2v) is 6.82. The zero-order chi connectivity index (χ0) is 18.8. The third kappa shape index (κ3) is 17.5. The number of carboxylic acids is 1. The summed E-state index contributed by atoms with van der Waals surface area (Å²) < 4.78 is 5.13. The topological polar surface area (TPSA) is 66.8 Å². The lowest BCUT2D eigenvalue weighted by atomic mass is 10.1. The fourth-order valence-corrected chi connectivity index (χ4v) is 2.76. The Bertz CT molecular complexity index is 334. The molecule has 148 valence electrons. The summed E-state index contributed by atoms with van der Waals surface area (Å²) in [6.07, 6.45) is 12.6. The van der Waals surface area contributed by atoms with E-state index in [0.29, 0.717) is 13.0 Å². The Morgan fingerprint density at radius 1 is 0.800 bits per heavy atom. The van der Waals surface area contributed by atoms with Gasteiger partial charge in [0.25, 0.3) is 0 Å². The van der Waals surface area contributed by atoms with Crippen LogP contribution in [0.15, 0.2) is 0 Å². The van der Waals surface area contributed by atoms with E-state index in [2.05, 4.69) is 13.8 Å². The molecule has 5 heteroatoms. The molecule has 25 heavy (non-hydrogen) atoms. The van der Waals surface area contributed by atoms with Crippen LogP contribution in [0.4, 0.5) is 0 Å². The van der Waals surface area contributed by atoms with Crippen LogP contribution in [0.3, 0.4) is 0 Å². The predicted octanol–water partition coefficient (Wildman–Crippen LogP) is 4.64. The van der Waals surface area contributed by atoms with Crippen LogP contribution in [-0.4, -0.2) is 48.2 Å². The summed E-state index contributed by atoms with van der Waals surface area (Å²) in [6, 6.07) is 0. The predicted molar refractivity (Wildman–Crippen MR) is 102 cm³/mol. The van der Waals surface area contributed by atoms with Crippen LogP contribution < -0.4 is 0 Å². The number of hydrogen-bond acceptors (Lipinski definition) is 4. The van der Waals surface area contributed by atoms with Crippen molar-refractivity contribution in [2.24, 2.45) is 0 Å². The molecule has 0 unspecified atom stereocenters. The maximum atomic E-state index is 11.5. The van der Waals surface area contributed by atoms with Crippen LogP contribution >= 0.6 is 0 Å². The maximum Gasteiger partial charge on any atom is 0.317 e. The van der Waals surface area contributed by atoms with Gasteiger partial charge in [0.05, 0.1) is 13.2 Å². The quantitative estimate of drug-likeness (QED) is 0.286. The number of aliphatic carboxylic acids is 1. The summed E-state index contributed by atoms with van der Waals surface area (Å²) in [7, 11) is 0. The van der Waals surface area contributed by atoms with Gasteiger partial charge in [0.1, 0.15) is 0 Å². The Hall–Kier alpha value is -1.10. The van der Waals surface area contributed by atoms with Gasteiger partial charge >= 0.3 is 11.9 Å². The monoisotopic (exact) mass is 357 g/mol. The van der Waals surface area contributed by atoms with Gasteiger partial charge in [0.2, 0.25) is 0 Å². The van der Waals surface area contributed by atoms with E-state index >= 15 is 0 Å². The molecular formula is C20H39NO4. The number of carbonyl (C=O) groups excluding carboxylic acids is 1. The molecule has 0 fully saturated rings. The molecule has 0 aromatic carbocycles. The second-order valence-electron chi connectivity index (χ2n) is 6.82. The molecule has 0 aliphatic carbocycles. The average Bonchev–Trinajstić information content (AvgIpc) is 2.57. The smallest absolute Gasteiger partial charge is 0.317 e. The van der Waals surface area contributed by atoms with Crippen LogP contribution in [-0.2, 0) is 14.3 Å². The first kappa shape index (κ1) is 23.9. The van der Waals surface area contributed by atoms with E-state index in [1.807, 2.05) is 4.90 Å². The zero-order valence-corrected chi connectivity index (χ0v) is 16.4. The largest absolute Gasteiger partial charge is 0.480 e. The number of esters is 1. The van der Waals surface area contributed by atoms with Crippen LogP contribution in [0.5, 0.6) is 0 Å². The minimum absolute atomic E-state index is 0.0940. The summed E-state index contributed by atoms with van der Waals surface area (Å²) >= 11 is 0. The lowest BCUT2D eigenvalue weighted by molar-refractivity contribution is -0.144. The van der Waals surface area contributed by atoms with E-state index in [0.717, 1.165) is 45.2 Å². The molecule has 0 spiro atoms. The Labute approximate surface area is 154 Å². The SMILES string of the molecule is CCCCCCCCCN(CCCCC(=O)OCCCC)CC(=O)O. The number of hydrogen-bond donors (Lipinski definition) is 1. The molecule has 0 atom stereocenters. The highest BCUT2D eigenvalue weighted by Crippen LogP contribution is 2.08. The fraction of sp³-hybridized carbons (Fsp3) is 0.900. The van der Waals surface area contributed by atoms with E-state index < -0.39 is 5.97 Å². The summed E-state index contributed by atoms with van der Waals surface area (Å²) in [5.41, 5.74) is 0. The highest BCUT2D eigenvalue weighted by molar-refractivity contribution is 5.69. The van der Waals surface area contributed by atoms with Gasteiger partial charge in [-0.2, -0.15) is 0 Å². The Morgan fingerprint density at radius 3 is 1.96 bits per heavy atom. The van der Waals surface area contributed by atoms with Crippen LogP contribution in [0, 0.1) is 0 Å². The van der Waals surface area contributed by atoms with Crippen LogP contribution in [0.1, 0.15) is 90.9 Å². The molecule has 0 heterocycles. The van der Waals surface area contributed by atoms with Crippen LogP contribution in [0.25, 0.3) is 0 Å². The summed E-state index contributed by atoms with van der Waals surface area (Å²) in [6.45, 7) is 6.46. The summed E-state index contributed by atoms with van der Waals surface area (Å²) in [5.74, 6) is -0.910. The lowest BCUT2D eigenvalue weighted by Gasteiger charge is -2.20. The van der Waals surface area contributed by atoms with Crippen molar-refractivity contribution >= 4 is 11.9 Å². The number of ether oxygens (including phenoxy) is 1. The number of carboxylic acid groups (broad SMARTS) is 1. The molecule has 0 aliphatic rings. The molecule has 0 saturated heterocycles. The van der Waals surface area contributed by atoms with Crippen molar-refractivity contribution in [3.63, 3.8) is 0 Å². The molecule has 0 bridgehead atoms. The minimum atomic E-state index is -0.776. The van der Waals surface area contributed by atoms with Crippen molar-refractivity contribution in [3.8, 4) is 0 Å². The molecule has 0 aromatic heterocycles. The third-order valence-electron chi connectivity index (χ3n) is 4.30. The molecule has 0 radical (unpaired) electrons. The maximum absolute atomic E-state index is 11.5. The first-order valence-corrected chi connectivity index (χ1v) is 10.2. The Morgan fingerprint density at radius 2 is 1.36 bits per heavy atom. The molecule has 0 saturated carbocycles. The molecular weight excluding hydrogens is 318 g/mol. The van der Waals surface area contributed by atoms with Gasteiger partial charge in [-0.15, -0.1) is 0 Å². The Kier molecular flexibility index (Phi) is 16.9. The lowest BCUT2D eigenvalue weighted by Crippen LogP contribution is -2.31. The normalized spacial score (nSPS) is 11.0. The summed E-state index contributed by atoms with van der Waals surface area (Å²) in [5, 5.41) is 9.03. The molecule has 0 aliphatic heterocycles. The highest BCUT2D eigenvalue weighted by atomic mass is 16.5. The molecule has 0 aromatic rings. The number of rotatable bonds is 18. The van der Waals surface area contributed by atoms with Gasteiger partial charge in [-0.25, -0.2) is 0 Å². The molecule has 5 nitrogen and oxygen atoms in total. The first-order chi connectivity index (χ1) is 12.1. The minimum Gasteiger partial charge on any atom is -0.480 e. The van der Waals surface area contributed by atoms with Gasteiger partial charge in [0, 0.05) is 6.42 Å². The van der Waals surface area contributed by atoms with Crippen molar-refractivity contribution in [2.45, 2.75) is 90.9 Å². The van der Waals surface area contributed by atoms with Crippen molar-refractivity contribution in [1.29, 1.82) is 0 Å². The van der Waals surface area contributed by atoms with E-state index in [1.54, 1.807) is 0 Å². The van der Waals surface area contributed by atoms with E-state index in [-0.39, 0.29) is 12.5 Å². The number of carbonyl (C=O) groups is 2. The second kappa shape index (κ2) is 17.7. The van der Waals surface area contributed by atoms with Crippen molar-refractivity contribution in [2.75, 3.05) is 26.2 Å². The van der Waals surface area contributed by atoms with Crippen molar-refractivity contribution in [1.82, 2.24) is 4.90 Å². The number of unbranched alkanes of at least 4 members (excludes halogenated alkanes) is 8. The van der Waals surface area contributed by atoms with E-state index in [9.17, 15) is 9.59 Å².